The molecule has 156 valence electrons. The fraction of sp³-hybridized carbons (Fsp3) is 0.333. The van der Waals surface area contributed by atoms with Crippen LogP contribution in [0, 0.1) is 0 Å². The zero-order valence-electron chi connectivity index (χ0n) is 17.2. The lowest BCUT2D eigenvalue weighted by molar-refractivity contribution is -0.120. The van der Waals surface area contributed by atoms with Gasteiger partial charge in [0.2, 0.25) is 5.91 Å². The fourth-order valence-corrected chi connectivity index (χ4v) is 2.51. The van der Waals surface area contributed by atoms with E-state index in [1.807, 2.05) is 49.4 Å². The summed E-state index contributed by atoms with van der Waals surface area (Å²) < 4.78 is 16.0. The number of ether oxygens (including phenoxy) is 3. The maximum Gasteiger partial charge on any atom is 0.239 e. The minimum Gasteiger partial charge on any atom is -0.497 e. The first-order chi connectivity index (χ1) is 14.1. The molecule has 0 fully saturated rings. The highest BCUT2D eigenvalue weighted by molar-refractivity contribution is 5.96. The number of guanidine groups is 1. The van der Waals surface area contributed by atoms with Gasteiger partial charge >= 0.3 is 0 Å². The van der Waals surface area contributed by atoms with Crippen molar-refractivity contribution >= 4 is 17.6 Å². The molecule has 29 heavy (non-hydrogen) atoms. The molecule has 8 heteroatoms. The molecular formula is C21H28N4O4. The van der Waals surface area contributed by atoms with E-state index in [9.17, 15) is 4.79 Å². The van der Waals surface area contributed by atoms with E-state index in [4.69, 9.17) is 14.2 Å². The molecule has 0 aliphatic rings. The normalized spacial score (nSPS) is 10.8. The average Bonchev–Trinajstić information content (AvgIpc) is 2.76. The van der Waals surface area contributed by atoms with Gasteiger partial charge in [0.15, 0.2) is 17.5 Å². The zero-order chi connectivity index (χ0) is 21.1. The molecule has 0 saturated heterocycles. The molecular weight excluding hydrogens is 372 g/mol. The van der Waals surface area contributed by atoms with Gasteiger partial charge < -0.3 is 30.2 Å². The van der Waals surface area contributed by atoms with E-state index in [-0.39, 0.29) is 12.5 Å². The molecule has 2 aromatic carbocycles. The van der Waals surface area contributed by atoms with Crippen molar-refractivity contribution in [3.05, 3.63) is 48.0 Å². The lowest BCUT2D eigenvalue weighted by Crippen LogP contribution is -2.39. The second kappa shape index (κ2) is 11.4. The number of methoxy groups -OCH3 is 2. The summed E-state index contributed by atoms with van der Waals surface area (Å²) in [6, 6.07) is 13.0. The number of nitrogens with one attached hydrogen (secondary N) is 3. The molecule has 0 radical (unpaired) electrons. The summed E-state index contributed by atoms with van der Waals surface area (Å²) >= 11 is 0. The van der Waals surface area contributed by atoms with Crippen molar-refractivity contribution in [2.75, 3.05) is 39.7 Å². The number of carbonyl (C=O) groups is 1. The molecule has 0 aromatic heterocycles. The van der Waals surface area contributed by atoms with E-state index in [2.05, 4.69) is 20.9 Å². The maximum atomic E-state index is 12.1. The number of amides is 1. The van der Waals surface area contributed by atoms with Gasteiger partial charge in [-0.3, -0.25) is 9.79 Å². The van der Waals surface area contributed by atoms with Crippen molar-refractivity contribution in [1.82, 2.24) is 10.6 Å². The van der Waals surface area contributed by atoms with Crippen LogP contribution in [0.25, 0.3) is 0 Å². The molecule has 0 heterocycles. The number of carbonyl (C=O) groups excluding carboxylic acids is 1. The Morgan fingerprint density at radius 3 is 2.38 bits per heavy atom. The highest BCUT2D eigenvalue weighted by Gasteiger charge is 2.08. The molecule has 8 nitrogen and oxygen atoms in total. The molecule has 0 saturated carbocycles. The molecule has 0 aliphatic carbocycles. The number of aliphatic imine (C=N–C) groups is 1. The van der Waals surface area contributed by atoms with Crippen molar-refractivity contribution < 1.29 is 19.0 Å². The van der Waals surface area contributed by atoms with Crippen molar-refractivity contribution in [3.63, 3.8) is 0 Å². The Morgan fingerprint density at radius 2 is 1.76 bits per heavy atom. The summed E-state index contributed by atoms with van der Waals surface area (Å²) in [5, 5.41) is 8.98. The third-order valence-electron chi connectivity index (χ3n) is 4.01. The lowest BCUT2D eigenvalue weighted by Gasteiger charge is -2.14. The zero-order valence-corrected chi connectivity index (χ0v) is 17.2. The fourth-order valence-electron chi connectivity index (χ4n) is 2.51. The van der Waals surface area contributed by atoms with Crippen molar-refractivity contribution in [2.24, 2.45) is 4.99 Å². The van der Waals surface area contributed by atoms with E-state index in [1.165, 1.54) is 0 Å². The van der Waals surface area contributed by atoms with Gasteiger partial charge in [0.1, 0.15) is 5.75 Å². The van der Waals surface area contributed by atoms with Gasteiger partial charge in [-0.1, -0.05) is 12.1 Å². The van der Waals surface area contributed by atoms with Crippen LogP contribution in [0.5, 0.6) is 17.2 Å². The smallest absolute Gasteiger partial charge is 0.239 e. The Labute approximate surface area is 171 Å². The first-order valence-electron chi connectivity index (χ1n) is 9.27. The van der Waals surface area contributed by atoms with Gasteiger partial charge in [0.05, 0.1) is 27.4 Å². The number of anilines is 1. The second-order valence-electron chi connectivity index (χ2n) is 5.97. The molecule has 2 rings (SSSR count). The SMILES string of the molecule is CCOc1cc(NC(=NC)NCC(=O)NCc2ccc(OC)cc2)ccc1OC. The Kier molecular flexibility index (Phi) is 8.62. The molecule has 0 atom stereocenters. The van der Waals surface area contributed by atoms with Gasteiger partial charge in [-0.2, -0.15) is 0 Å². The van der Waals surface area contributed by atoms with Crippen LogP contribution in [-0.2, 0) is 11.3 Å². The predicted octanol–water partition coefficient (Wildman–Crippen LogP) is 2.41. The van der Waals surface area contributed by atoms with E-state index in [0.29, 0.717) is 30.6 Å². The number of rotatable bonds is 9. The van der Waals surface area contributed by atoms with Crippen molar-refractivity contribution in [2.45, 2.75) is 13.5 Å². The summed E-state index contributed by atoms with van der Waals surface area (Å²) in [6.07, 6.45) is 0. The standard InChI is InChI=1S/C21H28N4O4/c1-5-29-19-12-16(8-11-18(19)28-4)25-21(22-2)24-14-20(26)23-13-15-6-9-17(27-3)10-7-15/h6-12H,5,13-14H2,1-4H3,(H,23,26)(H2,22,24,25). The Balaban J connectivity index is 1.85. The van der Waals surface area contributed by atoms with Gasteiger partial charge in [0.25, 0.3) is 0 Å². The predicted molar refractivity (Wildman–Crippen MR) is 114 cm³/mol. The highest BCUT2D eigenvalue weighted by Crippen LogP contribution is 2.30. The number of hydrogen-bond acceptors (Lipinski definition) is 5. The summed E-state index contributed by atoms with van der Waals surface area (Å²) in [5.74, 6) is 2.39. The molecule has 2 aromatic rings. The molecule has 3 N–H and O–H groups in total. The van der Waals surface area contributed by atoms with Gasteiger partial charge in [0, 0.05) is 25.3 Å². The van der Waals surface area contributed by atoms with Gasteiger partial charge in [-0.15, -0.1) is 0 Å². The number of benzene rings is 2. The first kappa shape index (κ1) is 21.9. The Hall–Kier alpha value is -3.42. The molecule has 1 amide bonds. The van der Waals surface area contributed by atoms with Crippen LogP contribution in [0.3, 0.4) is 0 Å². The van der Waals surface area contributed by atoms with Gasteiger partial charge in [-0.25, -0.2) is 0 Å². The quantitative estimate of drug-likeness (QED) is 0.442. The molecule has 0 spiro atoms. The van der Waals surface area contributed by atoms with Crippen LogP contribution in [0.15, 0.2) is 47.5 Å². The third-order valence-corrected chi connectivity index (χ3v) is 4.01. The first-order valence-corrected chi connectivity index (χ1v) is 9.27. The van der Waals surface area contributed by atoms with Crippen molar-refractivity contribution in [1.29, 1.82) is 0 Å². The average molecular weight is 400 g/mol. The van der Waals surface area contributed by atoms with Crippen LogP contribution in [0.1, 0.15) is 12.5 Å². The van der Waals surface area contributed by atoms with E-state index >= 15 is 0 Å². The molecule has 0 aliphatic heterocycles. The topological polar surface area (TPSA) is 93.2 Å². The van der Waals surface area contributed by atoms with E-state index in [0.717, 1.165) is 17.0 Å². The minimum atomic E-state index is -0.145. The van der Waals surface area contributed by atoms with Crippen LogP contribution in [0.2, 0.25) is 0 Å². The van der Waals surface area contributed by atoms with Crippen LogP contribution < -0.4 is 30.2 Å². The Bertz CT molecular complexity index is 822. The monoisotopic (exact) mass is 400 g/mol. The van der Waals surface area contributed by atoms with E-state index < -0.39 is 0 Å². The molecule has 0 bridgehead atoms. The Morgan fingerprint density at radius 1 is 1.00 bits per heavy atom. The summed E-state index contributed by atoms with van der Waals surface area (Å²) in [4.78, 5) is 16.3. The minimum absolute atomic E-state index is 0.0876. The molecule has 0 unspecified atom stereocenters. The highest BCUT2D eigenvalue weighted by atomic mass is 16.5. The summed E-state index contributed by atoms with van der Waals surface area (Å²) in [5.41, 5.74) is 1.75. The maximum absolute atomic E-state index is 12.1. The lowest BCUT2D eigenvalue weighted by atomic mass is 10.2. The summed E-state index contributed by atoms with van der Waals surface area (Å²) in [7, 11) is 4.85. The number of nitrogens with zero attached hydrogens (tertiary/aromatic N) is 1. The van der Waals surface area contributed by atoms with Crippen LogP contribution in [0.4, 0.5) is 5.69 Å². The van der Waals surface area contributed by atoms with E-state index in [1.54, 1.807) is 21.3 Å². The van der Waals surface area contributed by atoms with Crippen LogP contribution in [-0.4, -0.2) is 46.3 Å². The summed E-state index contributed by atoms with van der Waals surface area (Å²) in [6.45, 7) is 2.96. The largest absolute Gasteiger partial charge is 0.497 e. The van der Waals surface area contributed by atoms with Crippen molar-refractivity contribution in [3.8, 4) is 17.2 Å². The van der Waals surface area contributed by atoms with Gasteiger partial charge in [-0.05, 0) is 36.8 Å². The second-order valence-corrected chi connectivity index (χ2v) is 5.97. The van der Waals surface area contributed by atoms with Crippen LogP contribution >= 0.6 is 0 Å². The number of hydrogen-bond donors (Lipinski definition) is 3. The third kappa shape index (κ3) is 6.91.